The minimum Gasteiger partial charge on any atom is -0.484 e. The average Bonchev–Trinajstić information content (AvgIpc) is 2.27. The van der Waals surface area contributed by atoms with Crippen LogP contribution in [0.15, 0.2) is 18.2 Å². The summed E-state index contributed by atoms with van der Waals surface area (Å²) in [5.41, 5.74) is 2.13. The van der Waals surface area contributed by atoms with E-state index in [0.717, 1.165) is 17.9 Å². The minimum absolute atomic E-state index is 0.157. The van der Waals surface area contributed by atoms with Crippen molar-refractivity contribution in [3.05, 3.63) is 23.8 Å². The van der Waals surface area contributed by atoms with E-state index in [4.69, 9.17) is 4.74 Å². The monoisotopic (exact) mass is 221 g/mol. The van der Waals surface area contributed by atoms with Crippen molar-refractivity contribution in [2.75, 3.05) is 5.32 Å². The number of aliphatic hydroxyl groups is 1. The van der Waals surface area contributed by atoms with Crippen LogP contribution >= 0.6 is 0 Å². The standard InChI is InChI=1S/C13H19NO2/c1-4-11-13(15)14-10-6-5-9(8(2)3)7-12(10)16-11/h5-8,11,13-15H,4H2,1-3H3. The SMILES string of the molecule is CCC1Oc2cc(C(C)C)ccc2NC1O. The summed E-state index contributed by atoms with van der Waals surface area (Å²) >= 11 is 0. The van der Waals surface area contributed by atoms with Gasteiger partial charge >= 0.3 is 0 Å². The fraction of sp³-hybridized carbons (Fsp3) is 0.538. The quantitative estimate of drug-likeness (QED) is 0.806. The number of hydrogen-bond acceptors (Lipinski definition) is 3. The van der Waals surface area contributed by atoms with Crippen LogP contribution in [0, 0.1) is 0 Å². The normalized spacial score (nSPS) is 23.6. The molecule has 3 nitrogen and oxygen atoms in total. The van der Waals surface area contributed by atoms with Gasteiger partial charge in [-0.1, -0.05) is 26.8 Å². The van der Waals surface area contributed by atoms with Crippen molar-refractivity contribution in [1.29, 1.82) is 0 Å². The van der Waals surface area contributed by atoms with Crippen LogP contribution in [0.3, 0.4) is 0 Å². The van der Waals surface area contributed by atoms with E-state index in [9.17, 15) is 5.11 Å². The van der Waals surface area contributed by atoms with Crippen molar-refractivity contribution in [3.8, 4) is 5.75 Å². The van der Waals surface area contributed by atoms with Crippen molar-refractivity contribution >= 4 is 5.69 Å². The Morgan fingerprint density at radius 1 is 1.44 bits per heavy atom. The zero-order valence-corrected chi connectivity index (χ0v) is 10.0. The highest BCUT2D eigenvalue weighted by molar-refractivity contribution is 5.60. The third-order valence-electron chi connectivity index (χ3n) is 3.01. The van der Waals surface area contributed by atoms with E-state index < -0.39 is 6.23 Å². The van der Waals surface area contributed by atoms with Crippen molar-refractivity contribution in [1.82, 2.24) is 0 Å². The molecule has 0 radical (unpaired) electrons. The first kappa shape index (κ1) is 11.3. The van der Waals surface area contributed by atoms with Gasteiger partial charge in [-0.2, -0.15) is 0 Å². The van der Waals surface area contributed by atoms with E-state index in [0.29, 0.717) is 5.92 Å². The maximum Gasteiger partial charge on any atom is 0.162 e. The van der Waals surface area contributed by atoms with E-state index in [1.165, 1.54) is 5.56 Å². The van der Waals surface area contributed by atoms with Crippen LogP contribution in [0.4, 0.5) is 5.69 Å². The lowest BCUT2D eigenvalue weighted by Crippen LogP contribution is -2.40. The Kier molecular flexibility index (Phi) is 3.06. The molecule has 0 amide bonds. The van der Waals surface area contributed by atoms with Gasteiger partial charge in [0.1, 0.15) is 11.9 Å². The van der Waals surface area contributed by atoms with Gasteiger partial charge in [-0.15, -0.1) is 0 Å². The topological polar surface area (TPSA) is 41.5 Å². The van der Waals surface area contributed by atoms with Crippen LogP contribution in [-0.2, 0) is 0 Å². The summed E-state index contributed by atoms with van der Waals surface area (Å²) in [4.78, 5) is 0. The third kappa shape index (κ3) is 2.00. The highest BCUT2D eigenvalue weighted by Crippen LogP contribution is 2.34. The number of fused-ring (bicyclic) bond motifs is 1. The van der Waals surface area contributed by atoms with Gasteiger partial charge in [0.2, 0.25) is 0 Å². The summed E-state index contributed by atoms with van der Waals surface area (Å²) in [5.74, 6) is 1.34. The Hall–Kier alpha value is -1.22. The second-order valence-electron chi connectivity index (χ2n) is 4.56. The fourth-order valence-electron chi connectivity index (χ4n) is 1.90. The molecule has 3 heteroatoms. The van der Waals surface area contributed by atoms with Crippen LogP contribution < -0.4 is 10.1 Å². The molecule has 16 heavy (non-hydrogen) atoms. The van der Waals surface area contributed by atoms with Crippen molar-refractivity contribution in [3.63, 3.8) is 0 Å². The van der Waals surface area contributed by atoms with Gasteiger partial charge in [-0.05, 0) is 30.0 Å². The van der Waals surface area contributed by atoms with E-state index in [1.807, 2.05) is 13.0 Å². The van der Waals surface area contributed by atoms with Gasteiger partial charge in [0.15, 0.2) is 6.23 Å². The molecule has 2 unspecified atom stereocenters. The highest BCUT2D eigenvalue weighted by Gasteiger charge is 2.26. The third-order valence-corrected chi connectivity index (χ3v) is 3.01. The minimum atomic E-state index is -0.609. The number of nitrogens with one attached hydrogen (secondary N) is 1. The van der Waals surface area contributed by atoms with Gasteiger partial charge in [-0.3, -0.25) is 0 Å². The maximum atomic E-state index is 9.76. The molecule has 1 aromatic rings. The molecule has 88 valence electrons. The molecule has 2 rings (SSSR count). The lowest BCUT2D eigenvalue weighted by Gasteiger charge is -2.31. The number of anilines is 1. The molecule has 1 aliphatic rings. The van der Waals surface area contributed by atoms with Crippen molar-refractivity contribution in [2.24, 2.45) is 0 Å². The van der Waals surface area contributed by atoms with Crippen LogP contribution in [0.1, 0.15) is 38.7 Å². The maximum absolute atomic E-state index is 9.76. The molecule has 1 heterocycles. The predicted molar refractivity (Wildman–Crippen MR) is 64.9 cm³/mol. The molecular formula is C13H19NO2. The van der Waals surface area contributed by atoms with Gasteiger partial charge < -0.3 is 15.2 Å². The second-order valence-corrected chi connectivity index (χ2v) is 4.56. The molecule has 0 fully saturated rings. The number of hydrogen-bond donors (Lipinski definition) is 2. The van der Waals surface area contributed by atoms with E-state index in [1.54, 1.807) is 0 Å². The van der Waals surface area contributed by atoms with Crippen molar-refractivity contribution < 1.29 is 9.84 Å². The number of aliphatic hydroxyl groups excluding tert-OH is 1. The largest absolute Gasteiger partial charge is 0.484 e. The van der Waals surface area contributed by atoms with Crippen LogP contribution in [0.5, 0.6) is 5.75 Å². The summed E-state index contributed by atoms with van der Waals surface area (Å²) in [7, 11) is 0. The Morgan fingerprint density at radius 2 is 2.19 bits per heavy atom. The van der Waals surface area contributed by atoms with E-state index in [-0.39, 0.29) is 6.10 Å². The molecule has 0 saturated carbocycles. The Balaban J connectivity index is 2.30. The van der Waals surface area contributed by atoms with Crippen molar-refractivity contribution in [2.45, 2.75) is 45.4 Å². The zero-order valence-electron chi connectivity index (χ0n) is 10.0. The molecule has 0 bridgehead atoms. The first-order chi connectivity index (χ1) is 7.61. The average molecular weight is 221 g/mol. The summed E-state index contributed by atoms with van der Waals surface area (Å²) in [6, 6.07) is 6.10. The van der Waals surface area contributed by atoms with Crippen LogP contribution in [0.2, 0.25) is 0 Å². The van der Waals surface area contributed by atoms with Crippen LogP contribution in [0.25, 0.3) is 0 Å². The molecule has 0 aliphatic carbocycles. The second kappa shape index (κ2) is 4.34. The Labute approximate surface area is 96.4 Å². The molecule has 2 N–H and O–H groups in total. The molecule has 0 aromatic heterocycles. The van der Waals surface area contributed by atoms with E-state index >= 15 is 0 Å². The molecule has 1 aliphatic heterocycles. The summed E-state index contributed by atoms with van der Waals surface area (Å²) < 4.78 is 5.77. The Morgan fingerprint density at radius 3 is 2.81 bits per heavy atom. The summed E-state index contributed by atoms with van der Waals surface area (Å²) in [5, 5.41) is 12.8. The van der Waals surface area contributed by atoms with Gasteiger partial charge in [-0.25, -0.2) is 0 Å². The molecule has 0 saturated heterocycles. The predicted octanol–water partition coefficient (Wildman–Crippen LogP) is 2.71. The lowest BCUT2D eigenvalue weighted by atomic mass is 10.0. The van der Waals surface area contributed by atoms with Gasteiger partial charge in [0.25, 0.3) is 0 Å². The number of rotatable bonds is 2. The zero-order chi connectivity index (χ0) is 11.7. The summed E-state index contributed by atoms with van der Waals surface area (Å²) in [6.07, 6.45) is 0.0248. The Bertz CT molecular complexity index is 376. The first-order valence-corrected chi connectivity index (χ1v) is 5.87. The van der Waals surface area contributed by atoms with Gasteiger partial charge in [0, 0.05) is 0 Å². The molecule has 0 spiro atoms. The number of ether oxygens (including phenoxy) is 1. The first-order valence-electron chi connectivity index (χ1n) is 5.87. The van der Waals surface area contributed by atoms with Gasteiger partial charge in [0.05, 0.1) is 5.69 Å². The van der Waals surface area contributed by atoms with E-state index in [2.05, 4.69) is 31.3 Å². The lowest BCUT2D eigenvalue weighted by molar-refractivity contribution is 0.0429. The molecule has 2 atom stereocenters. The molecular weight excluding hydrogens is 202 g/mol. The molecule has 1 aromatic carbocycles. The highest BCUT2D eigenvalue weighted by atomic mass is 16.5. The number of benzene rings is 1. The smallest absolute Gasteiger partial charge is 0.162 e. The van der Waals surface area contributed by atoms with Crippen LogP contribution in [-0.4, -0.2) is 17.4 Å². The summed E-state index contributed by atoms with van der Waals surface area (Å²) in [6.45, 7) is 6.32. The fourth-order valence-corrected chi connectivity index (χ4v) is 1.90.